The summed E-state index contributed by atoms with van der Waals surface area (Å²) in [6.45, 7) is -0.453. The topological polar surface area (TPSA) is 29.1 Å². The summed E-state index contributed by atoms with van der Waals surface area (Å²) in [6, 6.07) is -0.852. The molecule has 11 heavy (non-hydrogen) atoms. The fourth-order valence-electron chi connectivity index (χ4n) is 1.00. The second kappa shape index (κ2) is 2.59. The van der Waals surface area contributed by atoms with Gasteiger partial charge in [-0.3, -0.25) is 4.79 Å². The van der Waals surface area contributed by atoms with Crippen LogP contribution >= 0.6 is 0 Å². The minimum atomic E-state index is -2.78. The summed E-state index contributed by atoms with van der Waals surface area (Å²) in [4.78, 5) is 10.7. The Morgan fingerprint density at radius 1 is 1.73 bits per heavy atom. The molecule has 0 amide bonds. The lowest BCUT2D eigenvalue weighted by Gasteiger charge is -2.04. The Hall–Kier alpha value is -0.950. The van der Waals surface area contributed by atoms with E-state index in [2.05, 4.69) is 5.32 Å². The minimum Gasteiger partial charge on any atom is -0.301 e. The Bertz CT molecular complexity index is 219. The third kappa shape index (κ3) is 1.75. The maximum Gasteiger partial charge on any atom is 0.262 e. The lowest BCUT2D eigenvalue weighted by atomic mass is 10.1. The van der Waals surface area contributed by atoms with Gasteiger partial charge in [0.25, 0.3) is 5.92 Å². The van der Waals surface area contributed by atoms with Crippen molar-refractivity contribution in [2.24, 2.45) is 0 Å². The molecule has 0 aromatic rings. The Morgan fingerprint density at radius 3 is 2.73 bits per heavy atom. The van der Waals surface area contributed by atoms with Crippen LogP contribution in [0, 0.1) is 12.3 Å². The monoisotopic (exact) mass is 159 g/mol. The predicted molar refractivity (Wildman–Crippen MR) is 35.2 cm³/mol. The zero-order valence-electron chi connectivity index (χ0n) is 5.73. The van der Waals surface area contributed by atoms with Crippen LogP contribution in [0.4, 0.5) is 8.78 Å². The Kier molecular flexibility index (Phi) is 1.92. The molecule has 1 saturated heterocycles. The van der Waals surface area contributed by atoms with Crippen molar-refractivity contribution in [3.05, 3.63) is 0 Å². The summed E-state index contributed by atoms with van der Waals surface area (Å²) in [6.07, 6.45) is 4.28. The molecule has 0 radical (unpaired) electrons. The first-order valence-corrected chi connectivity index (χ1v) is 3.17. The van der Waals surface area contributed by atoms with Gasteiger partial charge in [0.05, 0.1) is 12.6 Å². The van der Waals surface area contributed by atoms with Gasteiger partial charge in [-0.2, -0.15) is 0 Å². The average Bonchev–Trinajstić information content (AvgIpc) is 2.29. The fourth-order valence-corrected chi connectivity index (χ4v) is 1.00. The number of hydrogen-bond donors (Lipinski definition) is 1. The highest BCUT2D eigenvalue weighted by atomic mass is 19.3. The second-order valence-electron chi connectivity index (χ2n) is 2.50. The van der Waals surface area contributed by atoms with E-state index in [0.717, 1.165) is 0 Å². The van der Waals surface area contributed by atoms with Crippen LogP contribution in [0.5, 0.6) is 0 Å². The number of ketones is 1. The lowest BCUT2D eigenvalue weighted by molar-refractivity contribution is -0.115. The van der Waals surface area contributed by atoms with Crippen molar-refractivity contribution in [3.8, 4) is 12.3 Å². The molecule has 0 unspecified atom stereocenters. The van der Waals surface area contributed by atoms with Crippen LogP contribution < -0.4 is 5.32 Å². The van der Waals surface area contributed by atoms with E-state index in [1.807, 2.05) is 5.92 Å². The highest BCUT2D eigenvalue weighted by Crippen LogP contribution is 2.25. The summed E-state index contributed by atoms with van der Waals surface area (Å²) in [5, 5.41) is 2.36. The van der Waals surface area contributed by atoms with Crippen molar-refractivity contribution >= 4 is 5.78 Å². The van der Waals surface area contributed by atoms with Crippen molar-refractivity contribution in [1.82, 2.24) is 5.32 Å². The van der Waals surface area contributed by atoms with Crippen LogP contribution in [-0.2, 0) is 4.79 Å². The van der Waals surface area contributed by atoms with Gasteiger partial charge in [-0.15, -0.1) is 6.42 Å². The van der Waals surface area contributed by atoms with Crippen LogP contribution in [0.25, 0.3) is 0 Å². The smallest absolute Gasteiger partial charge is 0.262 e. The van der Waals surface area contributed by atoms with Gasteiger partial charge in [-0.1, -0.05) is 0 Å². The van der Waals surface area contributed by atoms with Crippen molar-refractivity contribution in [2.75, 3.05) is 6.54 Å². The average molecular weight is 159 g/mol. The molecule has 2 nitrogen and oxygen atoms in total. The van der Waals surface area contributed by atoms with Crippen LogP contribution in [0.2, 0.25) is 0 Å². The van der Waals surface area contributed by atoms with Gasteiger partial charge in [0.1, 0.15) is 0 Å². The molecule has 0 bridgehead atoms. The number of rotatable bonds is 1. The minimum absolute atomic E-state index is 0.453. The van der Waals surface area contributed by atoms with E-state index in [4.69, 9.17) is 6.42 Å². The van der Waals surface area contributed by atoms with Gasteiger partial charge in [-0.25, -0.2) is 8.78 Å². The number of nitrogens with one attached hydrogen (secondary N) is 1. The van der Waals surface area contributed by atoms with Crippen molar-refractivity contribution in [1.29, 1.82) is 0 Å². The van der Waals surface area contributed by atoms with E-state index >= 15 is 0 Å². The van der Waals surface area contributed by atoms with Crippen molar-refractivity contribution < 1.29 is 13.6 Å². The van der Waals surface area contributed by atoms with Crippen LogP contribution in [-0.4, -0.2) is 24.3 Å². The molecule has 1 N–H and O–H groups in total. The number of alkyl halides is 2. The van der Waals surface area contributed by atoms with Gasteiger partial charge < -0.3 is 5.32 Å². The van der Waals surface area contributed by atoms with Gasteiger partial charge in [0.2, 0.25) is 5.78 Å². The third-order valence-electron chi connectivity index (χ3n) is 1.57. The first-order chi connectivity index (χ1) is 5.05. The van der Waals surface area contributed by atoms with Crippen LogP contribution in [0.3, 0.4) is 0 Å². The van der Waals surface area contributed by atoms with E-state index in [1.54, 1.807) is 0 Å². The highest BCUT2D eigenvalue weighted by molar-refractivity contribution is 5.99. The molecular formula is C7H7F2NO. The number of hydrogen-bond acceptors (Lipinski definition) is 2. The summed E-state index contributed by atoms with van der Waals surface area (Å²) >= 11 is 0. The van der Waals surface area contributed by atoms with Crippen molar-refractivity contribution in [3.63, 3.8) is 0 Å². The zero-order chi connectivity index (χ0) is 8.48. The first-order valence-electron chi connectivity index (χ1n) is 3.17. The molecular weight excluding hydrogens is 152 g/mol. The van der Waals surface area contributed by atoms with Crippen LogP contribution in [0.1, 0.15) is 6.42 Å². The number of carbonyl (C=O) groups excluding carboxylic acids is 1. The summed E-state index contributed by atoms with van der Waals surface area (Å²) in [5.41, 5.74) is 0. The fraction of sp³-hybridized carbons (Fsp3) is 0.571. The largest absolute Gasteiger partial charge is 0.301 e. The predicted octanol–water partition coefficient (Wildman–Crippen LogP) is 0.186. The third-order valence-corrected chi connectivity index (χ3v) is 1.57. The molecule has 60 valence electrons. The molecule has 0 aromatic carbocycles. The summed E-state index contributed by atoms with van der Waals surface area (Å²) in [7, 11) is 0. The van der Waals surface area contributed by atoms with Gasteiger partial charge >= 0.3 is 0 Å². The Balaban J connectivity index is 2.57. The number of Topliss-reactive ketones (excluding diaryl/α,β-unsaturated/α-hetero) is 1. The molecule has 1 heterocycles. The normalized spacial score (nSPS) is 27.9. The van der Waals surface area contributed by atoms with Gasteiger partial charge in [0.15, 0.2) is 0 Å². The molecule has 1 atom stereocenters. The molecule has 0 saturated carbocycles. The summed E-state index contributed by atoms with van der Waals surface area (Å²) < 4.78 is 24.8. The lowest BCUT2D eigenvalue weighted by Crippen LogP contribution is -2.29. The second-order valence-corrected chi connectivity index (χ2v) is 2.50. The molecule has 0 aromatic heterocycles. The van der Waals surface area contributed by atoms with E-state index in [9.17, 15) is 13.6 Å². The molecule has 1 aliphatic heterocycles. The maximum absolute atomic E-state index is 12.4. The van der Waals surface area contributed by atoms with Gasteiger partial charge in [0, 0.05) is 6.42 Å². The summed E-state index contributed by atoms with van der Waals surface area (Å²) in [5.74, 6) is -1.57. The molecule has 1 rings (SSSR count). The van der Waals surface area contributed by atoms with E-state index in [0.29, 0.717) is 0 Å². The molecule has 0 aliphatic carbocycles. The van der Waals surface area contributed by atoms with E-state index < -0.39 is 30.7 Å². The van der Waals surface area contributed by atoms with Gasteiger partial charge in [-0.05, 0) is 5.92 Å². The van der Waals surface area contributed by atoms with Crippen molar-refractivity contribution in [2.45, 2.75) is 18.4 Å². The standard InChI is InChI=1S/C7H7F2NO/c1-2-6(11)5-3-7(8,9)4-10-5/h1,5,10H,3-4H2/t5-/m1/s1. The molecule has 4 heteroatoms. The molecule has 0 spiro atoms. The Labute approximate surface area is 63.0 Å². The van der Waals surface area contributed by atoms with E-state index in [-0.39, 0.29) is 0 Å². The Morgan fingerprint density at radius 2 is 2.36 bits per heavy atom. The SMILES string of the molecule is C#CC(=O)[C@H]1CC(F)(F)CN1. The maximum atomic E-state index is 12.4. The number of halogens is 2. The quantitative estimate of drug-likeness (QED) is 0.437. The van der Waals surface area contributed by atoms with E-state index in [1.165, 1.54) is 0 Å². The number of carbonyl (C=O) groups is 1. The first kappa shape index (κ1) is 8.15. The van der Waals surface area contributed by atoms with Crippen LogP contribution in [0.15, 0.2) is 0 Å². The highest BCUT2D eigenvalue weighted by Gasteiger charge is 2.41. The zero-order valence-corrected chi connectivity index (χ0v) is 5.73. The molecule has 1 fully saturated rings. The number of terminal acetylenes is 1. The molecule has 1 aliphatic rings.